The Morgan fingerprint density at radius 3 is 2.55 bits per heavy atom. The van der Waals surface area contributed by atoms with E-state index >= 15 is 0 Å². The number of nitrogens with zero attached hydrogens (tertiary/aromatic N) is 2. The lowest BCUT2D eigenvalue weighted by atomic mass is 10.2. The molecule has 1 saturated heterocycles. The number of benzene rings is 2. The van der Waals surface area contributed by atoms with Crippen LogP contribution in [-0.4, -0.2) is 53.8 Å². The first-order chi connectivity index (χ1) is 14.0. The van der Waals surface area contributed by atoms with E-state index in [1.165, 1.54) is 6.07 Å². The van der Waals surface area contributed by atoms with Crippen molar-refractivity contribution in [3.05, 3.63) is 70.5 Å². The number of amides is 2. The largest absolute Gasteiger partial charge is 0.340 e. The standard InChI is InChI=1S/C22H25ClFN3O2/c1-16(25-21(28)18-8-3-4-9-19(18)23)22(29)27-12-6-11-26(13-14-27)15-17-7-2-5-10-20(17)24/h2-5,7-10,16H,6,11-15H2,1H3,(H,25,28). The highest BCUT2D eigenvalue weighted by molar-refractivity contribution is 6.33. The number of nitrogens with one attached hydrogen (secondary N) is 1. The van der Waals surface area contributed by atoms with Crippen molar-refractivity contribution in [3.63, 3.8) is 0 Å². The van der Waals surface area contributed by atoms with Crippen molar-refractivity contribution in [2.75, 3.05) is 26.2 Å². The minimum atomic E-state index is -0.656. The van der Waals surface area contributed by atoms with Gasteiger partial charge in [-0.1, -0.05) is 41.9 Å². The fourth-order valence-corrected chi connectivity index (χ4v) is 3.69. The fourth-order valence-electron chi connectivity index (χ4n) is 3.47. The molecule has 1 unspecified atom stereocenters. The molecule has 1 atom stereocenters. The summed E-state index contributed by atoms with van der Waals surface area (Å²) in [5.74, 6) is -0.703. The summed E-state index contributed by atoms with van der Waals surface area (Å²) in [5, 5.41) is 3.09. The highest BCUT2D eigenvalue weighted by Crippen LogP contribution is 2.16. The Labute approximate surface area is 175 Å². The van der Waals surface area contributed by atoms with E-state index in [1.807, 2.05) is 6.07 Å². The van der Waals surface area contributed by atoms with Gasteiger partial charge in [-0.05, 0) is 31.5 Å². The molecule has 29 heavy (non-hydrogen) atoms. The topological polar surface area (TPSA) is 52.7 Å². The molecule has 0 aromatic heterocycles. The predicted octanol–water partition coefficient (Wildman–Crippen LogP) is 3.33. The summed E-state index contributed by atoms with van der Waals surface area (Å²) in [6.07, 6.45) is 0.797. The number of rotatable bonds is 5. The Bertz CT molecular complexity index is 877. The summed E-state index contributed by atoms with van der Waals surface area (Å²) < 4.78 is 13.9. The quantitative estimate of drug-likeness (QED) is 0.811. The average molecular weight is 418 g/mol. The number of carbonyl (C=O) groups is 2. The Balaban J connectivity index is 1.55. The fraction of sp³-hybridized carbons (Fsp3) is 0.364. The van der Waals surface area contributed by atoms with Crippen LogP contribution in [0.15, 0.2) is 48.5 Å². The van der Waals surface area contributed by atoms with Crippen LogP contribution in [0.1, 0.15) is 29.3 Å². The molecule has 5 nitrogen and oxygen atoms in total. The van der Waals surface area contributed by atoms with Crippen molar-refractivity contribution in [1.82, 2.24) is 15.1 Å². The van der Waals surface area contributed by atoms with Crippen LogP contribution in [0.25, 0.3) is 0 Å². The summed E-state index contributed by atoms with van der Waals surface area (Å²) in [6, 6.07) is 12.8. The number of hydrogen-bond acceptors (Lipinski definition) is 3. The third-order valence-electron chi connectivity index (χ3n) is 5.09. The van der Waals surface area contributed by atoms with Crippen molar-refractivity contribution in [1.29, 1.82) is 0 Å². The molecule has 0 aliphatic carbocycles. The maximum absolute atomic E-state index is 13.9. The molecule has 0 saturated carbocycles. The van der Waals surface area contributed by atoms with Crippen LogP contribution in [0.5, 0.6) is 0 Å². The third kappa shape index (κ3) is 5.55. The van der Waals surface area contributed by atoms with Crippen LogP contribution in [-0.2, 0) is 11.3 Å². The monoisotopic (exact) mass is 417 g/mol. The maximum Gasteiger partial charge on any atom is 0.253 e. The van der Waals surface area contributed by atoms with E-state index in [4.69, 9.17) is 11.6 Å². The van der Waals surface area contributed by atoms with Crippen LogP contribution in [0.3, 0.4) is 0 Å². The molecule has 1 aliphatic rings. The number of hydrogen-bond donors (Lipinski definition) is 1. The van der Waals surface area contributed by atoms with Crippen molar-refractivity contribution >= 4 is 23.4 Å². The molecule has 1 fully saturated rings. The summed E-state index contributed by atoms with van der Waals surface area (Å²) in [6.45, 7) is 4.80. The number of carbonyl (C=O) groups excluding carboxylic acids is 2. The normalized spacial score (nSPS) is 16.2. The lowest BCUT2D eigenvalue weighted by Crippen LogP contribution is -2.48. The van der Waals surface area contributed by atoms with Crippen LogP contribution >= 0.6 is 11.6 Å². The lowest BCUT2D eigenvalue weighted by Gasteiger charge is -2.25. The Morgan fingerprint density at radius 1 is 1.07 bits per heavy atom. The molecule has 2 amide bonds. The zero-order valence-corrected chi connectivity index (χ0v) is 17.2. The first kappa shape index (κ1) is 21.3. The lowest BCUT2D eigenvalue weighted by molar-refractivity contribution is -0.132. The second-order valence-electron chi connectivity index (χ2n) is 7.22. The Hall–Kier alpha value is -2.44. The molecule has 0 spiro atoms. The van der Waals surface area contributed by atoms with Gasteiger partial charge in [-0.25, -0.2) is 4.39 Å². The zero-order chi connectivity index (χ0) is 20.8. The third-order valence-corrected chi connectivity index (χ3v) is 5.42. The van der Waals surface area contributed by atoms with Gasteiger partial charge in [-0.2, -0.15) is 0 Å². The van der Waals surface area contributed by atoms with Crippen molar-refractivity contribution in [2.45, 2.75) is 25.9 Å². The second kappa shape index (κ2) is 9.85. The van der Waals surface area contributed by atoms with E-state index in [9.17, 15) is 14.0 Å². The minimum Gasteiger partial charge on any atom is -0.340 e. The van der Waals surface area contributed by atoms with Gasteiger partial charge in [-0.3, -0.25) is 14.5 Å². The predicted molar refractivity (Wildman–Crippen MR) is 111 cm³/mol. The van der Waals surface area contributed by atoms with Gasteiger partial charge in [0.05, 0.1) is 10.6 Å². The van der Waals surface area contributed by atoms with Crippen molar-refractivity contribution in [3.8, 4) is 0 Å². The van der Waals surface area contributed by atoms with Gasteiger partial charge in [0.2, 0.25) is 5.91 Å². The molecule has 1 heterocycles. The molecule has 1 aliphatic heterocycles. The van der Waals surface area contributed by atoms with Gasteiger partial charge in [0, 0.05) is 38.3 Å². The van der Waals surface area contributed by atoms with Gasteiger partial charge in [-0.15, -0.1) is 0 Å². The van der Waals surface area contributed by atoms with Gasteiger partial charge >= 0.3 is 0 Å². The van der Waals surface area contributed by atoms with Gasteiger partial charge in [0.15, 0.2) is 0 Å². The van der Waals surface area contributed by atoms with E-state index in [2.05, 4.69) is 10.2 Å². The molecule has 0 bridgehead atoms. The highest BCUT2D eigenvalue weighted by Gasteiger charge is 2.25. The average Bonchev–Trinajstić information content (AvgIpc) is 2.95. The van der Waals surface area contributed by atoms with E-state index in [0.29, 0.717) is 42.3 Å². The SMILES string of the molecule is CC(NC(=O)c1ccccc1Cl)C(=O)N1CCCN(Cc2ccccc2F)CC1. The number of halogens is 2. The van der Waals surface area contributed by atoms with Crippen LogP contribution < -0.4 is 5.32 Å². The molecule has 154 valence electrons. The van der Waals surface area contributed by atoms with Crippen molar-refractivity contribution < 1.29 is 14.0 Å². The molecule has 0 radical (unpaired) electrons. The molecular weight excluding hydrogens is 393 g/mol. The van der Waals surface area contributed by atoms with Crippen LogP contribution in [0, 0.1) is 5.82 Å². The smallest absolute Gasteiger partial charge is 0.253 e. The summed E-state index contributed by atoms with van der Waals surface area (Å²) in [7, 11) is 0. The minimum absolute atomic E-state index is 0.127. The summed E-state index contributed by atoms with van der Waals surface area (Å²) in [5.41, 5.74) is 1.01. The second-order valence-corrected chi connectivity index (χ2v) is 7.63. The van der Waals surface area contributed by atoms with Gasteiger partial charge < -0.3 is 10.2 Å². The Kier molecular flexibility index (Phi) is 7.23. The highest BCUT2D eigenvalue weighted by atomic mass is 35.5. The maximum atomic E-state index is 13.9. The molecule has 7 heteroatoms. The van der Waals surface area contributed by atoms with E-state index in [1.54, 1.807) is 48.2 Å². The molecule has 3 rings (SSSR count). The van der Waals surface area contributed by atoms with Gasteiger partial charge in [0.25, 0.3) is 5.91 Å². The molecule has 1 N–H and O–H groups in total. The van der Waals surface area contributed by atoms with E-state index in [-0.39, 0.29) is 17.6 Å². The summed E-state index contributed by atoms with van der Waals surface area (Å²) in [4.78, 5) is 29.1. The van der Waals surface area contributed by atoms with Crippen molar-refractivity contribution in [2.24, 2.45) is 0 Å². The van der Waals surface area contributed by atoms with Crippen LogP contribution in [0.2, 0.25) is 5.02 Å². The van der Waals surface area contributed by atoms with Crippen LogP contribution in [0.4, 0.5) is 4.39 Å². The summed E-state index contributed by atoms with van der Waals surface area (Å²) >= 11 is 6.06. The molecular formula is C22H25ClFN3O2. The zero-order valence-electron chi connectivity index (χ0n) is 16.4. The van der Waals surface area contributed by atoms with E-state index < -0.39 is 6.04 Å². The molecule has 2 aromatic rings. The molecule has 2 aromatic carbocycles. The first-order valence-electron chi connectivity index (χ1n) is 9.75. The Morgan fingerprint density at radius 2 is 1.79 bits per heavy atom. The first-order valence-corrected chi connectivity index (χ1v) is 10.1. The van der Waals surface area contributed by atoms with E-state index in [0.717, 1.165) is 13.0 Å². The van der Waals surface area contributed by atoms with Gasteiger partial charge in [0.1, 0.15) is 11.9 Å².